The van der Waals surface area contributed by atoms with Gasteiger partial charge in [-0.15, -0.1) is 0 Å². The van der Waals surface area contributed by atoms with E-state index in [1.54, 1.807) is 18.2 Å². The SMILES string of the molecule is CCCNCC(OCC(F)(F)F)c1cccc(Br)c1. The minimum absolute atomic E-state index is 0.361. The Bertz CT molecular complexity index is 384. The number of halogens is 4. The Hall–Kier alpha value is -0.590. The highest BCUT2D eigenvalue weighted by molar-refractivity contribution is 9.10. The van der Waals surface area contributed by atoms with Gasteiger partial charge in [-0.05, 0) is 30.7 Å². The van der Waals surface area contributed by atoms with Crippen molar-refractivity contribution in [1.82, 2.24) is 5.32 Å². The normalized spacial score (nSPS) is 13.5. The second kappa shape index (κ2) is 7.87. The van der Waals surface area contributed by atoms with Crippen LogP contribution in [0.15, 0.2) is 28.7 Å². The zero-order valence-corrected chi connectivity index (χ0v) is 12.2. The molecule has 0 saturated carbocycles. The van der Waals surface area contributed by atoms with Gasteiger partial charge in [0.15, 0.2) is 0 Å². The Balaban J connectivity index is 2.68. The smallest absolute Gasteiger partial charge is 0.363 e. The van der Waals surface area contributed by atoms with E-state index in [-0.39, 0.29) is 0 Å². The number of rotatable bonds is 7. The predicted octanol–water partition coefficient (Wildman–Crippen LogP) is 4.07. The molecule has 1 aromatic rings. The van der Waals surface area contributed by atoms with Crippen LogP contribution in [0, 0.1) is 0 Å². The van der Waals surface area contributed by atoms with Crippen molar-refractivity contribution in [2.75, 3.05) is 19.7 Å². The van der Waals surface area contributed by atoms with Gasteiger partial charge in [-0.2, -0.15) is 13.2 Å². The number of benzene rings is 1. The monoisotopic (exact) mass is 339 g/mol. The summed E-state index contributed by atoms with van der Waals surface area (Å²) in [5, 5.41) is 3.08. The van der Waals surface area contributed by atoms with Gasteiger partial charge in [0, 0.05) is 11.0 Å². The minimum atomic E-state index is -4.31. The standard InChI is InChI=1S/C13H17BrF3NO/c1-2-6-18-8-12(19-9-13(15,16)17)10-4-3-5-11(14)7-10/h3-5,7,12,18H,2,6,8-9H2,1H3. The molecule has 0 aliphatic rings. The average molecular weight is 340 g/mol. The molecule has 2 nitrogen and oxygen atoms in total. The minimum Gasteiger partial charge on any atom is -0.363 e. The molecule has 0 aromatic heterocycles. The molecule has 0 aliphatic heterocycles. The summed E-state index contributed by atoms with van der Waals surface area (Å²) in [6.07, 6.45) is -4.00. The first-order valence-corrected chi connectivity index (χ1v) is 6.86. The Kier molecular flexibility index (Phi) is 6.82. The van der Waals surface area contributed by atoms with E-state index < -0.39 is 18.9 Å². The van der Waals surface area contributed by atoms with Crippen molar-refractivity contribution in [3.63, 3.8) is 0 Å². The predicted molar refractivity (Wildman–Crippen MR) is 72.1 cm³/mol. The molecule has 19 heavy (non-hydrogen) atoms. The summed E-state index contributed by atoms with van der Waals surface area (Å²) in [6.45, 7) is 1.87. The second-order valence-corrected chi connectivity index (χ2v) is 5.09. The average Bonchev–Trinajstić information content (AvgIpc) is 2.32. The molecular weight excluding hydrogens is 323 g/mol. The van der Waals surface area contributed by atoms with Gasteiger partial charge in [-0.25, -0.2) is 0 Å². The molecule has 0 bridgehead atoms. The van der Waals surface area contributed by atoms with Crippen molar-refractivity contribution in [2.24, 2.45) is 0 Å². The summed E-state index contributed by atoms with van der Waals surface area (Å²) in [7, 11) is 0. The molecule has 6 heteroatoms. The fourth-order valence-corrected chi connectivity index (χ4v) is 2.00. The fraction of sp³-hybridized carbons (Fsp3) is 0.538. The number of hydrogen-bond donors (Lipinski definition) is 1. The van der Waals surface area contributed by atoms with Gasteiger partial charge >= 0.3 is 6.18 Å². The van der Waals surface area contributed by atoms with E-state index in [1.165, 1.54) is 0 Å². The summed E-state index contributed by atoms with van der Waals surface area (Å²) in [5.41, 5.74) is 0.724. The lowest BCUT2D eigenvalue weighted by Gasteiger charge is -2.20. The Morgan fingerprint density at radius 1 is 1.37 bits per heavy atom. The molecule has 1 unspecified atom stereocenters. The van der Waals surface area contributed by atoms with Crippen LogP contribution in [0.3, 0.4) is 0 Å². The van der Waals surface area contributed by atoms with E-state index >= 15 is 0 Å². The van der Waals surface area contributed by atoms with E-state index in [0.717, 1.165) is 23.0 Å². The highest BCUT2D eigenvalue weighted by Crippen LogP contribution is 2.24. The summed E-state index contributed by atoms with van der Waals surface area (Å²) < 4.78 is 42.5. The summed E-state index contributed by atoms with van der Waals surface area (Å²) in [4.78, 5) is 0. The molecule has 0 spiro atoms. The van der Waals surface area contributed by atoms with Crippen LogP contribution in [0.4, 0.5) is 13.2 Å². The molecule has 0 amide bonds. The van der Waals surface area contributed by atoms with E-state index in [4.69, 9.17) is 4.74 Å². The van der Waals surface area contributed by atoms with Crippen molar-refractivity contribution >= 4 is 15.9 Å². The largest absolute Gasteiger partial charge is 0.411 e. The van der Waals surface area contributed by atoms with Gasteiger partial charge in [0.25, 0.3) is 0 Å². The van der Waals surface area contributed by atoms with E-state index in [0.29, 0.717) is 6.54 Å². The van der Waals surface area contributed by atoms with E-state index in [1.807, 2.05) is 13.0 Å². The van der Waals surface area contributed by atoms with Crippen LogP contribution in [0.25, 0.3) is 0 Å². The van der Waals surface area contributed by atoms with Crippen LogP contribution in [-0.4, -0.2) is 25.9 Å². The molecule has 108 valence electrons. The van der Waals surface area contributed by atoms with Crippen molar-refractivity contribution in [3.8, 4) is 0 Å². The number of ether oxygens (including phenoxy) is 1. The number of nitrogens with one attached hydrogen (secondary N) is 1. The lowest BCUT2D eigenvalue weighted by molar-refractivity contribution is -0.185. The molecule has 0 fully saturated rings. The van der Waals surface area contributed by atoms with Gasteiger partial charge in [0.1, 0.15) is 6.61 Å². The first-order chi connectivity index (χ1) is 8.92. The molecule has 0 heterocycles. The van der Waals surface area contributed by atoms with Crippen molar-refractivity contribution in [1.29, 1.82) is 0 Å². The van der Waals surface area contributed by atoms with E-state index in [9.17, 15) is 13.2 Å². The lowest BCUT2D eigenvalue weighted by Crippen LogP contribution is -2.27. The summed E-state index contributed by atoms with van der Waals surface area (Å²) in [6, 6.07) is 7.14. The quantitative estimate of drug-likeness (QED) is 0.756. The van der Waals surface area contributed by atoms with Crippen LogP contribution in [0.5, 0.6) is 0 Å². The molecule has 1 aromatic carbocycles. The zero-order valence-electron chi connectivity index (χ0n) is 10.6. The van der Waals surface area contributed by atoms with Crippen LogP contribution >= 0.6 is 15.9 Å². The maximum atomic E-state index is 12.2. The molecule has 0 saturated heterocycles. The highest BCUT2D eigenvalue weighted by Gasteiger charge is 2.29. The van der Waals surface area contributed by atoms with Crippen LogP contribution in [0.2, 0.25) is 0 Å². The first kappa shape index (κ1) is 16.5. The van der Waals surface area contributed by atoms with Crippen LogP contribution < -0.4 is 5.32 Å². The highest BCUT2D eigenvalue weighted by atomic mass is 79.9. The van der Waals surface area contributed by atoms with Crippen LogP contribution in [0.1, 0.15) is 25.0 Å². The Labute approximate surface area is 119 Å². The molecule has 0 radical (unpaired) electrons. The molecule has 0 aliphatic carbocycles. The topological polar surface area (TPSA) is 21.3 Å². The van der Waals surface area contributed by atoms with E-state index in [2.05, 4.69) is 21.2 Å². The zero-order chi connectivity index (χ0) is 14.3. The molecular formula is C13H17BrF3NO. The summed E-state index contributed by atoms with van der Waals surface area (Å²) >= 11 is 3.30. The van der Waals surface area contributed by atoms with Gasteiger partial charge < -0.3 is 10.1 Å². The maximum Gasteiger partial charge on any atom is 0.411 e. The molecule has 1 atom stereocenters. The third kappa shape index (κ3) is 6.94. The number of alkyl halides is 3. The van der Waals surface area contributed by atoms with Crippen LogP contribution in [-0.2, 0) is 4.74 Å². The third-order valence-electron chi connectivity index (χ3n) is 2.43. The maximum absolute atomic E-state index is 12.2. The summed E-state index contributed by atoms with van der Waals surface area (Å²) in [5.74, 6) is 0. The first-order valence-electron chi connectivity index (χ1n) is 6.07. The molecule has 1 rings (SSSR count). The lowest BCUT2D eigenvalue weighted by atomic mass is 10.1. The number of hydrogen-bond acceptors (Lipinski definition) is 2. The van der Waals surface area contributed by atoms with Gasteiger partial charge in [0.05, 0.1) is 6.10 Å². The van der Waals surface area contributed by atoms with Gasteiger partial charge in [0.2, 0.25) is 0 Å². The van der Waals surface area contributed by atoms with Crippen molar-refractivity contribution in [2.45, 2.75) is 25.6 Å². The Morgan fingerprint density at radius 3 is 2.68 bits per heavy atom. The molecule has 1 N–H and O–H groups in total. The fourth-order valence-electron chi connectivity index (χ4n) is 1.58. The van der Waals surface area contributed by atoms with Crippen molar-refractivity contribution < 1.29 is 17.9 Å². The Morgan fingerprint density at radius 2 is 2.11 bits per heavy atom. The van der Waals surface area contributed by atoms with Gasteiger partial charge in [-0.1, -0.05) is 35.0 Å². The van der Waals surface area contributed by atoms with Gasteiger partial charge in [-0.3, -0.25) is 0 Å². The third-order valence-corrected chi connectivity index (χ3v) is 2.92. The second-order valence-electron chi connectivity index (χ2n) is 4.17. The van der Waals surface area contributed by atoms with Crippen molar-refractivity contribution in [3.05, 3.63) is 34.3 Å².